The number of benzene rings is 2. The summed E-state index contributed by atoms with van der Waals surface area (Å²) in [5.41, 5.74) is 0.178. The molecule has 1 unspecified atom stereocenters. The number of esters is 1. The van der Waals surface area contributed by atoms with E-state index in [1.807, 2.05) is 0 Å². The van der Waals surface area contributed by atoms with Crippen LogP contribution in [-0.4, -0.2) is 38.5 Å². The van der Waals surface area contributed by atoms with Crippen molar-refractivity contribution in [1.29, 1.82) is 0 Å². The molecule has 2 aromatic carbocycles. The molecule has 3 amide bonds. The number of urea groups is 1. The number of sulfonamides is 1. The molecule has 11 heteroatoms. The van der Waals surface area contributed by atoms with Crippen LogP contribution in [0.25, 0.3) is 0 Å². The second-order valence-corrected chi connectivity index (χ2v) is 8.86. The number of hydrogen-bond acceptors (Lipinski definition) is 6. The Labute approximate surface area is 185 Å². The molecule has 0 spiro atoms. The lowest BCUT2D eigenvalue weighted by atomic mass is 10.2. The van der Waals surface area contributed by atoms with Crippen LogP contribution in [-0.2, 0) is 19.6 Å². The zero-order chi connectivity index (χ0) is 24.1. The van der Waals surface area contributed by atoms with E-state index in [1.165, 1.54) is 50.2 Å². The summed E-state index contributed by atoms with van der Waals surface area (Å²) in [7, 11) is -4.05. The van der Waals surface area contributed by atoms with Crippen LogP contribution in [0.1, 0.15) is 36.7 Å². The van der Waals surface area contributed by atoms with Gasteiger partial charge in [0.15, 0.2) is 6.10 Å². The molecule has 2 rings (SSSR count). The Bertz CT molecular complexity index is 1120. The van der Waals surface area contributed by atoms with E-state index in [2.05, 4.69) is 15.4 Å². The number of imide groups is 1. The first kappa shape index (κ1) is 24.8. The molecule has 0 heterocycles. The van der Waals surface area contributed by atoms with E-state index in [0.717, 1.165) is 6.07 Å². The molecule has 0 aromatic heterocycles. The van der Waals surface area contributed by atoms with E-state index in [-0.39, 0.29) is 27.8 Å². The third-order valence-electron chi connectivity index (χ3n) is 4.19. The van der Waals surface area contributed by atoms with Gasteiger partial charge in [0.1, 0.15) is 5.82 Å². The Morgan fingerprint density at radius 3 is 2.22 bits per heavy atom. The minimum absolute atomic E-state index is 0.0189. The number of anilines is 1. The molecule has 172 valence electrons. The van der Waals surface area contributed by atoms with Crippen LogP contribution in [0.5, 0.6) is 0 Å². The topological polar surface area (TPSA) is 131 Å². The van der Waals surface area contributed by atoms with E-state index in [0.29, 0.717) is 0 Å². The van der Waals surface area contributed by atoms with Gasteiger partial charge in [0.25, 0.3) is 15.9 Å². The maximum Gasteiger partial charge on any atom is 0.338 e. The van der Waals surface area contributed by atoms with Gasteiger partial charge in [0.2, 0.25) is 0 Å². The number of carbonyl (C=O) groups is 3. The molecule has 0 radical (unpaired) electrons. The molecule has 0 saturated heterocycles. The number of ether oxygens (including phenoxy) is 1. The van der Waals surface area contributed by atoms with E-state index < -0.39 is 39.9 Å². The number of carbonyl (C=O) groups excluding carboxylic acids is 3. The van der Waals surface area contributed by atoms with Crippen LogP contribution < -0.4 is 15.4 Å². The average Bonchev–Trinajstić information content (AvgIpc) is 2.69. The third kappa shape index (κ3) is 6.51. The minimum atomic E-state index is -4.05. The van der Waals surface area contributed by atoms with Gasteiger partial charge in [-0.25, -0.2) is 22.4 Å². The van der Waals surface area contributed by atoms with Gasteiger partial charge >= 0.3 is 12.0 Å². The number of rotatable bonds is 7. The summed E-state index contributed by atoms with van der Waals surface area (Å²) in [4.78, 5) is 35.5. The average molecular weight is 466 g/mol. The van der Waals surface area contributed by atoms with Crippen LogP contribution in [0.3, 0.4) is 0 Å². The second-order valence-electron chi connectivity index (χ2n) is 7.21. The van der Waals surface area contributed by atoms with Gasteiger partial charge in [0, 0.05) is 17.3 Å². The van der Waals surface area contributed by atoms with Gasteiger partial charge in [-0.15, -0.1) is 0 Å². The van der Waals surface area contributed by atoms with Crippen molar-refractivity contribution in [1.82, 2.24) is 10.6 Å². The van der Waals surface area contributed by atoms with Gasteiger partial charge < -0.3 is 10.1 Å². The third-order valence-corrected chi connectivity index (χ3v) is 5.72. The Kier molecular flexibility index (Phi) is 7.92. The predicted molar refractivity (Wildman–Crippen MR) is 115 cm³/mol. The van der Waals surface area contributed by atoms with Gasteiger partial charge in [-0.05, 0) is 64.1 Å². The van der Waals surface area contributed by atoms with Crippen molar-refractivity contribution in [3.63, 3.8) is 0 Å². The Hall–Kier alpha value is -3.47. The highest BCUT2D eigenvalue weighted by Crippen LogP contribution is 2.21. The van der Waals surface area contributed by atoms with Gasteiger partial charge in [0.05, 0.1) is 10.5 Å². The first-order chi connectivity index (χ1) is 14.9. The zero-order valence-corrected chi connectivity index (χ0v) is 18.7. The van der Waals surface area contributed by atoms with Crippen molar-refractivity contribution in [2.24, 2.45) is 0 Å². The van der Waals surface area contributed by atoms with E-state index in [4.69, 9.17) is 4.74 Å². The molecule has 0 aliphatic rings. The highest BCUT2D eigenvalue weighted by molar-refractivity contribution is 7.92. The van der Waals surface area contributed by atoms with Crippen LogP contribution in [0.15, 0.2) is 47.4 Å². The molecule has 9 nitrogen and oxygen atoms in total. The van der Waals surface area contributed by atoms with Gasteiger partial charge in [-0.2, -0.15) is 0 Å². The predicted octanol–water partition coefficient (Wildman–Crippen LogP) is 2.71. The molecule has 0 bridgehead atoms. The molecule has 0 saturated carbocycles. The molecule has 3 N–H and O–H groups in total. The van der Waals surface area contributed by atoms with Crippen molar-refractivity contribution in [3.05, 3.63) is 59.4 Å². The fourth-order valence-electron chi connectivity index (χ4n) is 2.56. The quantitative estimate of drug-likeness (QED) is 0.539. The fraction of sp³-hybridized carbons (Fsp3) is 0.286. The normalized spacial score (nSPS) is 12.1. The summed E-state index contributed by atoms with van der Waals surface area (Å²) in [6.45, 7) is 6.10. The standard InChI is InChI=1S/C21H24FN3O6S/c1-12(2)23-21(28)24-19(26)14(4)31-20(27)15-8-10-16(11-9-15)25-32(29,30)18-7-5-6-17(22)13(18)3/h5-12,14,25H,1-4H3,(H2,23,24,26,28). The number of amides is 3. The first-order valence-electron chi connectivity index (χ1n) is 9.61. The smallest absolute Gasteiger partial charge is 0.338 e. The lowest BCUT2D eigenvalue weighted by molar-refractivity contribution is -0.127. The van der Waals surface area contributed by atoms with Crippen molar-refractivity contribution in [2.45, 2.75) is 44.7 Å². The molecule has 2 aromatic rings. The monoisotopic (exact) mass is 465 g/mol. The van der Waals surface area contributed by atoms with E-state index in [1.54, 1.807) is 13.8 Å². The summed E-state index contributed by atoms with van der Waals surface area (Å²) in [6, 6.07) is 8.09. The summed E-state index contributed by atoms with van der Waals surface area (Å²) >= 11 is 0. The van der Waals surface area contributed by atoms with Gasteiger partial charge in [-0.1, -0.05) is 6.07 Å². The molecule has 0 aliphatic heterocycles. The number of nitrogens with one attached hydrogen (secondary N) is 3. The highest BCUT2D eigenvalue weighted by Gasteiger charge is 2.22. The number of halogens is 1. The SMILES string of the molecule is Cc1c(F)cccc1S(=O)(=O)Nc1ccc(C(=O)OC(C)C(=O)NC(=O)NC(C)C)cc1. The summed E-state index contributed by atoms with van der Waals surface area (Å²) in [5, 5.41) is 4.53. The van der Waals surface area contributed by atoms with Gasteiger partial charge in [-0.3, -0.25) is 14.8 Å². The molecule has 1 atom stereocenters. The van der Waals surface area contributed by atoms with Crippen LogP contribution in [0, 0.1) is 12.7 Å². The van der Waals surface area contributed by atoms with E-state index >= 15 is 0 Å². The Morgan fingerprint density at radius 2 is 1.62 bits per heavy atom. The maximum atomic E-state index is 13.7. The van der Waals surface area contributed by atoms with Crippen molar-refractivity contribution in [3.8, 4) is 0 Å². The fourth-order valence-corrected chi connectivity index (χ4v) is 3.87. The maximum absolute atomic E-state index is 13.7. The Balaban J connectivity index is 2.02. The molecule has 0 aliphatic carbocycles. The minimum Gasteiger partial charge on any atom is -0.449 e. The summed E-state index contributed by atoms with van der Waals surface area (Å²) in [5.74, 6) is -2.29. The molecule has 32 heavy (non-hydrogen) atoms. The van der Waals surface area contributed by atoms with Crippen molar-refractivity contribution in [2.75, 3.05) is 4.72 Å². The van der Waals surface area contributed by atoms with Crippen molar-refractivity contribution >= 4 is 33.6 Å². The lowest BCUT2D eigenvalue weighted by Crippen LogP contribution is -2.46. The highest BCUT2D eigenvalue weighted by atomic mass is 32.2. The zero-order valence-electron chi connectivity index (χ0n) is 17.9. The molecule has 0 fully saturated rings. The van der Waals surface area contributed by atoms with E-state index in [9.17, 15) is 27.2 Å². The van der Waals surface area contributed by atoms with Crippen LogP contribution in [0.4, 0.5) is 14.9 Å². The first-order valence-corrected chi connectivity index (χ1v) is 11.1. The lowest BCUT2D eigenvalue weighted by Gasteiger charge is -2.15. The largest absolute Gasteiger partial charge is 0.449 e. The molecular weight excluding hydrogens is 441 g/mol. The summed E-state index contributed by atoms with van der Waals surface area (Å²) in [6.07, 6.45) is -1.24. The number of hydrogen-bond donors (Lipinski definition) is 3. The molecular formula is C21H24FN3O6S. The summed E-state index contributed by atoms with van der Waals surface area (Å²) < 4.78 is 46.1. The van der Waals surface area contributed by atoms with Crippen LogP contribution in [0.2, 0.25) is 0 Å². The van der Waals surface area contributed by atoms with Crippen molar-refractivity contribution < 1.29 is 31.9 Å². The second kappa shape index (κ2) is 10.2. The van der Waals surface area contributed by atoms with Crippen LogP contribution >= 0.6 is 0 Å². The Morgan fingerprint density at radius 1 is 1.00 bits per heavy atom.